The molecule has 0 fully saturated rings. The quantitative estimate of drug-likeness (QED) is 0.595. The summed E-state index contributed by atoms with van der Waals surface area (Å²) in [5.41, 5.74) is 0.111. The molecule has 0 aliphatic rings. The van der Waals surface area contributed by atoms with Crippen molar-refractivity contribution in [1.29, 1.82) is 5.26 Å². The maximum absolute atomic E-state index is 11.6. The molecule has 0 radical (unpaired) electrons. The molecule has 1 rings (SSSR count). The number of nitriles is 1. The van der Waals surface area contributed by atoms with Crippen molar-refractivity contribution < 1.29 is 18.6 Å². The van der Waals surface area contributed by atoms with E-state index in [4.69, 9.17) is 15.5 Å². The highest BCUT2D eigenvalue weighted by atomic mass is 32.2. The second-order valence-electron chi connectivity index (χ2n) is 3.18. The molecule has 7 nitrogen and oxygen atoms in total. The number of sulfonamides is 1. The van der Waals surface area contributed by atoms with Crippen molar-refractivity contribution in [3.63, 3.8) is 0 Å². The summed E-state index contributed by atoms with van der Waals surface area (Å²) in [7, 11) is -3.78. The summed E-state index contributed by atoms with van der Waals surface area (Å²) in [6.07, 6.45) is -0.109. The minimum atomic E-state index is -3.78. The fraction of sp³-hybridized carbons (Fsp3) is 0.333. The molecule has 0 spiro atoms. The van der Waals surface area contributed by atoms with Gasteiger partial charge in [-0.1, -0.05) is 0 Å². The lowest BCUT2D eigenvalue weighted by atomic mass is 10.4. The highest BCUT2D eigenvalue weighted by Crippen LogP contribution is 2.07. The number of aliphatic hydroxyl groups excluding tert-OH is 2. The zero-order valence-electron chi connectivity index (χ0n) is 8.74. The summed E-state index contributed by atoms with van der Waals surface area (Å²) >= 11 is 0. The van der Waals surface area contributed by atoms with Crippen LogP contribution in [-0.2, 0) is 10.0 Å². The van der Waals surface area contributed by atoms with E-state index in [0.29, 0.717) is 0 Å². The van der Waals surface area contributed by atoms with Crippen LogP contribution in [0.1, 0.15) is 5.69 Å². The minimum Gasteiger partial charge on any atom is -0.394 e. The molecular weight excluding hydrogens is 246 g/mol. The Bertz CT molecular complexity index is 506. The highest BCUT2D eigenvalue weighted by molar-refractivity contribution is 7.89. The molecule has 1 aromatic heterocycles. The number of nitrogens with zero attached hydrogens (tertiary/aromatic N) is 2. The summed E-state index contributed by atoms with van der Waals surface area (Å²) in [5, 5.41) is 26.1. The van der Waals surface area contributed by atoms with Crippen molar-refractivity contribution in [1.82, 2.24) is 9.71 Å². The molecule has 0 aromatic carbocycles. The van der Waals surface area contributed by atoms with Crippen molar-refractivity contribution in [2.75, 3.05) is 13.2 Å². The number of rotatable bonds is 5. The summed E-state index contributed by atoms with van der Waals surface area (Å²) in [6.45, 7) is -0.826. The minimum absolute atomic E-state index is 0.110. The monoisotopic (exact) mass is 257 g/mol. The van der Waals surface area contributed by atoms with Crippen LogP contribution in [0.4, 0.5) is 0 Å². The maximum Gasteiger partial charge on any atom is 0.242 e. The summed E-state index contributed by atoms with van der Waals surface area (Å²) in [6, 6.07) is 4.28. The molecule has 1 atom stereocenters. The molecule has 3 N–H and O–H groups in total. The van der Waals surface area contributed by atoms with Gasteiger partial charge in [-0.15, -0.1) is 0 Å². The zero-order chi connectivity index (χ0) is 12.9. The van der Waals surface area contributed by atoms with Crippen LogP contribution in [0.2, 0.25) is 0 Å². The van der Waals surface area contributed by atoms with Crippen molar-refractivity contribution in [2.24, 2.45) is 0 Å². The lowest BCUT2D eigenvalue weighted by Crippen LogP contribution is -2.33. The van der Waals surface area contributed by atoms with Crippen LogP contribution < -0.4 is 4.72 Å². The lowest BCUT2D eigenvalue weighted by Gasteiger charge is -2.09. The first kappa shape index (κ1) is 13.5. The topological polar surface area (TPSA) is 123 Å². The first-order chi connectivity index (χ1) is 7.99. The molecule has 0 amide bonds. The predicted molar refractivity (Wildman–Crippen MR) is 57.2 cm³/mol. The Morgan fingerprint density at radius 1 is 1.53 bits per heavy atom. The van der Waals surface area contributed by atoms with Gasteiger partial charge < -0.3 is 10.2 Å². The Hall–Kier alpha value is -1.53. The second kappa shape index (κ2) is 5.70. The van der Waals surface area contributed by atoms with Gasteiger partial charge in [0.15, 0.2) is 0 Å². The van der Waals surface area contributed by atoms with Gasteiger partial charge in [0.25, 0.3) is 0 Å². The summed E-state index contributed by atoms with van der Waals surface area (Å²) in [4.78, 5) is 3.51. The molecule has 0 aliphatic heterocycles. The maximum atomic E-state index is 11.6. The van der Waals surface area contributed by atoms with Crippen LogP contribution >= 0.6 is 0 Å². The van der Waals surface area contributed by atoms with E-state index in [9.17, 15) is 8.42 Å². The van der Waals surface area contributed by atoms with Crippen molar-refractivity contribution >= 4 is 10.0 Å². The molecule has 0 saturated heterocycles. The third kappa shape index (κ3) is 3.76. The SMILES string of the molecule is N#Cc1ccc(S(=O)(=O)NCC(O)CO)cn1. The van der Waals surface area contributed by atoms with Gasteiger partial charge in [0.05, 0.1) is 12.7 Å². The molecule has 0 aliphatic carbocycles. The Balaban J connectivity index is 2.79. The third-order valence-electron chi connectivity index (χ3n) is 1.88. The normalized spacial score (nSPS) is 13.0. The van der Waals surface area contributed by atoms with E-state index >= 15 is 0 Å². The van der Waals surface area contributed by atoms with Crippen LogP contribution in [0.25, 0.3) is 0 Å². The van der Waals surface area contributed by atoms with Crippen LogP contribution in [0.5, 0.6) is 0 Å². The number of hydrogen-bond donors (Lipinski definition) is 3. The van der Waals surface area contributed by atoms with Gasteiger partial charge in [0.2, 0.25) is 10.0 Å². The van der Waals surface area contributed by atoms with E-state index in [1.807, 2.05) is 0 Å². The van der Waals surface area contributed by atoms with Crippen LogP contribution in [0.3, 0.4) is 0 Å². The molecule has 92 valence electrons. The van der Waals surface area contributed by atoms with Gasteiger partial charge in [-0.25, -0.2) is 18.1 Å². The van der Waals surface area contributed by atoms with Gasteiger partial charge in [-0.05, 0) is 12.1 Å². The molecule has 17 heavy (non-hydrogen) atoms. The van der Waals surface area contributed by atoms with Crippen LogP contribution in [0.15, 0.2) is 23.2 Å². The number of aliphatic hydroxyl groups is 2. The van der Waals surface area contributed by atoms with Gasteiger partial charge >= 0.3 is 0 Å². The fourth-order valence-corrected chi connectivity index (χ4v) is 1.98. The Labute approximate surface area is 98.4 Å². The summed E-state index contributed by atoms with van der Waals surface area (Å²) < 4.78 is 25.4. The smallest absolute Gasteiger partial charge is 0.242 e. The number of aromatic nitrogens is 1. The Kier molecular flexibility index (Phi) is 4.53. The van der Waals surface area contributed by atoms with Gasteiger partial charge in [0, 0.05) is 12.7 Å². The standard InChI is InChI=1S/C9H11N3O4S/c10-3-7-1-2-9(5-11-7)17(15,16)12-4-8(14)6-13/h1-2,5,8,12-14H,4,6H2. The number of hydrogen-bond acceptors (Lipinski definition) is 6. The van der Waals surface area contributed by atoms with Gasteiger partial charge in [0.1, 0.15) is 16.7 Å². The second-order valence-corrected chi connectivity index (χ2v) is 4.95. The average Bonchev–Trinajstić information content (AvgIpc) is 2.36. The average molecular weight is 257 g/mol. The fourth-order valence-electron chi connectivity index (χ4n) is 0.959. The van der Waals surface area contributed by atoms with Gasteiger partial charge in [-0.2, -0.15) is 5.26 Å². The molecular formula is C9H11N3O4S. The molecule has 1 heterocycles. The molecule has 1 aromatic rings. The first-order valence-corrected chi connectivity index (χ1v) is 6.12. The third-order valence-corrected chi connectivity index (χ3v) is 3.29. The van der Waals surface area contributed by atoms with Crippen LogP contribution in [0, 0.1) is 11.3 Å². The molecule has 8 heteroatoms. The van der Waals surface area contributed by atoms with E-state index in [1.54, 1.807) is 6.07 Å². The predicted octanol–water partition coefficient (Wildman–Crippen LogP) is -1.42. The number of nitrogens with one attached hydrogen (secondary N) is 1. The molecule has 1 unspecified atom stereocenters. The van der Waals surface area contributed by atoms with E-state index < -0.39 is 22.7 Å². The van der Waals surface area contributed by atoms with E-state index in [0.717, 1.165) is 6.20 Å². The zero-order valence-corrected chi connectivity index (χ0v) is 9.55. The van der Waals surface area contributed by atoms with E-state index in [-0.39, 0.29) is 17.1 Å². The number of pyridine rings is 1. The Morgan fingerprint density at radius 3 is 2.71 bits per heavy atom. The van der Waals surface area contributed by atoms with E-state index in [2.05, 4.69) is 9.71 Å². The van der Waals surface area contributed by atoms with Crippen molar-refractivity contribution in [3.05, 3.63) is 24.0 Å². The lowest BCUT2D eigenvalue weighted by molar-refractivity contribution is 0.0988. The van der Waals surface area contributed by atoms with Crippen molar-refractivity contribution in [2.45, 2.75) is 11.0 Å². The van der Waals surface area contributed by atoms with E-state index in [1.165, 1.54) is 12.1 Å². The Morgan fingerprint density at radius 2 is 2.24 bits per heavy atom. The first-order valence-electron chi connectivity index (χ1n) is 4.64. The van der Waals surface area contributed by atoms with Crippen molar-refractivity contribution in [3.8, 4) is 6.07 Å². The van der Waals surface area contributed by atoms with Crippen LogP contribution in [-0.4, -0.2) is 42.9 Å². The van der Waals surface area contributed by atoms with Gasteiger partial charge in [-0.3, -0.25) is 0 Å². The largest absolute Gasteiger partial charge is 0.394 e. The molecule has 0 saturated carbocycles. The molecule has 0 bridgehead atoms. The highest BCUT2D eigenvalue weighted by Gasteiger charge is 2.15. The summed E-state index contributed by atoms with van der Waals surface area (Å²) in [5.74, 6) is 0.